The van der Waals surface area contributed by atoms with Gasteiger partial charge in [0, 0.05) is 12.7 Å². The predicted molar refractivity (Wildman–Crippen MR) is 61.9 cm³/mol. The number of aliphatic hydroxyl groups excluding tert-OH is 2. The zero-order valence-corrected chi connectivity index (χ0v) is 9.93. The lowest BCUT2D eigenvalue weighted by Crippen LogP contribution is -2.20. The molecule has 3 N–H and O–H groups in total. The van der Waals surface area contributed by atoms with Crippen LogP contribution in [0, 0.1) is 5.92 Å². The molecular formula is C11H21N3O2. The molecule has 5 nitrogen and oxygen atoms in total. The minimum atomic E-state index is -0.717. The normalized spacial score (nSPS) is 13.3. The molecule has 1 aromatic heterocycles. The highest BCUT2D eigenvalue weighted by Gasteiger charge is 2.04. The SMILES string of the molecule is CC(C)CNCc1cn(CC(O)CO)cn1. The summed E-state index contributed by atoms with van der Waals surface area (Å²) in [6.07, 6.45) is 2.84. The highest BCUT2D eigenvalue weighted by Crippen LogP contribution is 1.98. The fourth-order valence-corrected chi connectivity index (χ4v) is 1.39. The number of hydrogen-bond acceptors (Lipinski definition) is 4. The van der Waals surface area contributed by atoms with Gasteiger partial charge < -0.3 is 20.1 Å². The molecule has 1 unspecified atom stereocenters. The summed E-state index contributed by atoms with van der Waals surface area (Å²) >= 11 is 0. The van der Waals surface area contributed by atoms with E-state index < -0.39 is 6.10 Å². The molecule has 0 radical (unpaired) electrons. The Bertz CT molecular complexity index is 299. The second-order valence-corrected chi connectivity index (χ2v) is 4.42. The first-order valence-electron chi connectivity index (χ1n) is 5.62. The van der Waals surface area contributed by atoms with E-state index in [1.165, 1.54) is 0 Å². The number of nitrogens with one attached hydrogen (secondary N) is 1. The van der Waals surface area contributed by atoms with Crippen LogP contribution in [-0.2, 0) is 13.1 Å². The molecule has 92 valence electrons. The Morgan fingerprint density at radius 3 is 2.88 bits per heavy atom. The largest absolute Gasteiger partial charge is 0.394 e. The molecule has 0 aliphatic heterocycles. The van der Waals surface area contributed by atoms with E-state index in [2.05, 4.69) is 24.1 Å². The van der Waals surface area contributed by atoms with Crippen molar-refractivity contribution in [3.63, 3.8) is 0 Å². The molecule has 0 aliphatic carbocycles. The zero-order chi connectivity index (χ0) is 12.0. The van der Waals surface area contributed by atoms with Crippen molar-refractivity contribution in [2.45, 2.75) is 33.0 Å². The summed E-state index contributed by atoms with van der Waals surface area (Å²) in [7, 11) is 0. The van der Waals surface area contributed by atoms with Gasteiger partial charge in [-0.3, -0.25) is 0 Å². The van der Waals surface area contributed by atoms with Gasteiger partial charge in [-0.1, -0.05) is 13.8 Å². The summed E-state index contributed by atoms with van der Waals surface area (Å²) in [4.78, 5) is 4.21. The molecule has 1 rings (SSSR count). The Morgan fingerprint density at radius 2 is 2.25 bits per heavy atom. The predicted octanol–water partition coefficient (Wildman–Crippen LogP) is -0.0181. The third-order valence-electron chi connectivity index (χ3n) is 2.18. The number of imidazole rings is 1. The van der Waals surface area contributed by atoms with Gasteiger partial charge in [-0.15, -0.1) is 0 Å². The Balaban J connectivity index is 2.33. The molecule has 1 heterocycles. The fourth-order valence-electron chi connectivity index (χ4n) is 1.39. The van der Waals surface area contributed by atoms with Crippen LogP contribution in [0.3, 0.4) is 0 Å². The van der Waals surface area contributed by atoms with Gasteiger partial charge in [-0.2, -0.15) is 0 Å². The van der Waals surface area contributed by atoms with Gasteiger partial charge in [0.1, 0.15) is 0 Å². The third-order valence-corrected chi connectivity index (χ3v) is 2.18. The van der Waals surface area contributed by atoms with Crippen molar-refractivity contribution in [1.82, 2.24) is 14.9 Å². The number of hydrogen-bond donors (Lipinski definition) is 3. The fraction of sp³-hybridized carbons (Fsp3) is 0.727. The van der Waals surface area contributed by atoms with E-state index in [9.17, 15) is 5.11 Å². The van der Waals surface area contributed by atoms with Gasteiger partial charge in [0.15, 0.2) is 0 Å². The summed E-state index contributed by atoms with van der Waals surface area (Å²) < 4.78 is 1.78. The Labute approximate surface area is 96.1 Å². The number of rotatable bonds is 7. The Hall–Kier alpha value is -0.910. The van der Waals surface area contributed by atoms with Gasteiger partial charge >= 0.3 is 0 Å². The molecule has 0 bridgehead atoms. The van der Waals surface area contributed by atoms with Crippen LogP contribution in [0.15, 0.2) is 12.5 Å². The monoisotopic (exact) mass is 227 g/mol. The summed E-state index contributed by atoms with van der Waals surface area (Å²) in [5, 5.41) is 21.3. The van der Waals surface area contributed by atoms with Crippen molar-refractivity contribution in [1.29, 1.82) is 0 Å². The number of aromatic nitrogens is 2. The van der Waals surface area contributed by atoms with Gasteiger partial charge in [0.2, 0.25) is 0 Å². The van der Waals surface area contributed by atoms with Crippen LogP contribution in [-0.4, -0.2) is 39.0 Å². The first kappa shape index (κ1) is 13.2. The number of aliphatic hydroxyl groups is 2. The van der Waals surface area contributed by atoms with Crippen LogP contribution in [0.4, 0.5) is 0 Å². The molecule has 5 heteroatoms. The molecule has 0 saturated carbocycles. The van der Waals surface area contributed by atoms with Gasteiger partial charge in [0.25, 0.3) is 0 Å². The molecule has 1 aromatic rings. The lowest BCUT2D eigenvalue weighted by atomic mass is 10.2. The average molecular weight is 227 g/mol. The van der Waals surface area contributed by atoms with Gasteiger partial charge in [0.05, 0.1) is 31.3 Å². The first-order valence-corrected chi connectivity index (χ1v) is 5.62. The molecule has 0 saturated heterocycles. The first-order chi connectivity index (χ1) is 7.61. The average Bonchev–Trinajstić information content (AvgIpc) is 2.65. The highest BCUT2D eigenvalue weighted by atomic mass is 16.3. The summed E-state index contributed by atoms with van der Waals surface area (Å²) in [5.74, 6) is 0.623. The van der Waals surface area contributed by atoms with Crippen molar-refractivity contribution >= 4 is 0 Å². The van der Waals surface area contributed by atoms with E-state index in [1.54, 1.807) is 10.9 Å². The highest BCUT2D eigenvalue weighted by molar-refractivity contribution is 4.96. The number of nitrogens with zero attached hydrogens (tertiary/aromatic N) is 2. The van der Waals surface area contributed by atoms with Crippen molar-refractivity contribution in [3.8, 4) is 0 Å². The Morgan fingerprint density at radius 1 is 1.50 bits per heavy atom. The summed E-state index contributed by atoms with van der Waals surface area (Å²) in [6, 6.07) is 0. The van der Waals surface area contributed by atoms with E-state index in [1.807, 2.05) is 6.20 Å². The van der Waals surface area contributed by atoms with Gasteiger partial charge in [-0.25, -0.2) is 4.98 Å². The summed E-state index contributed by atoms with van der Waals surface area (Å²) in [6.45, 7) is 6.17. The van der Waals surface area contributed by atoms with E-state index in [0.29, 0.717) is 12.5 Å². The van der Waals surface area contributed by atoms with Gasteiger partial charge in [-0.05, 0) is 12.5 Å². The van der Waals surface area contributed by atoms with Crippen molar-refractivity contribution in [2.24, 2.45) is 5.92 Å². The molecule has 0 fully saturated rings. The maximum absolute atomic E-state index is 9.26. The van der Waals surface area contributed by atoms with Crippen molar-refractivity contribution in [2.75, 3.05) is 13.2 Å². The quantitative estimate of drug-likeness (QED) is 0.612. The molecule has 0 aliphatic rings. The summed E-state index contributed by atoms with van der Waals surface area (Å²) in [5.41, 5.74) is 0.950. The second kappa shape index (κ2) is 6.62. The second-order valence-electron chi connectivity index (χ2n) is 4.42. The van der Waals surface area contributed by atoms with Crippen LogP contribution in [0.2, 0.25) is 0 Å². The lowest BCUT2D eigenvalue weighted by Gasteiger charge is -2.07. The van der Waals surface area contributed by atoms with Crippen LogP contribution >= 0.6 is 0 Å². The zero-order valence-electron chi connectivity index (χ0n) is 9.93. The van der Waals surface area contributed by atoms with Crippen LogP contribution in [0.25, 0.3) is 0 Å². The molecule has 0 amide bonds. The van der Waals surface area contributed by atoms with E-state index in [4.69, 9.17) is 5.11 Å². The lowest BCUT2D eigenvalue weighted by molar-refractivity contribution is 0.0812. The van der Waals surface area contributed by atoms with E-state index >= 15 is 0 Å². The molecule has 16 heavy (non-hydrogen) atoms. The molecule has 1 atom stereocenters. The minimum Gasteiger partial charge on any atom is -0.394 e. The van der Waals surface area contributed by atoms with Crippen LogP contribution < -0.4 is 5.32 Å². The minimum absolute atomic E-state index is 0.223. The maximum Gasteiger partial charge on any atom is 0.0950 e. The molecule has 0 aromatic carbocycles. The van der Waals surface area contributed by atoms with Crippen LogP contribution in [0.5, 0.6) is 0 Å². The smallest absolute Gasteiger partial charge is 0.0950 e. The Kier molecular flexibility index (Phi) is 5.45. The maximum atomic E-state index is 9.26. The van der Waals surface area contributed by atoms with E-state index in [0.717, 1.165) is 18.8 Å². The molecule has 0 spiro atoms. The molecular weight excluding hydrogens is 206 g/mol. The van der Waals surface area contributed by atoms with Crippen molar-refractivity contribution in [3.05, 3.63) is 18.2 Å². The standard InChI is InChI=1S/C11H21N3O2/c1-9(2)3-12-4-10-5-14(8-13-10)6-11(16)7-15/h5,8-9,11-12,15-16H,3-4,6-7H2,1-2H3. The topological polar surface area (TPSA) is 70.3 Å². The van der Waals surface area contributed by atoms with E-state index in [-0.39, 0.29) is 6.61 Å². The van der Waals surface area contributed by atoms with Crippen molar-refractivity contribution < 1.29 is 10.2 Å². The third kappa shape index (κ3) is 4.74. The van der Waals surface area contributed by atoms with Crippen LogP contribution in [0.1, 0.15) is 19.5 Å².